The molecule has 7 nitrogen and oxygen atoms in total. The first kappa shape index (κ1) is 24.9. The molecule has 0 bridgehead atoms. The highest BCUT2D eigenvalue weighted by Gasteiger charge is 2.37. The van der Waals surface area contributed by atoms with Crippen LogP contribution < -0.4 is 10.1 Å². The van der Waals surface area contributed by atoms with Gasteiger partial charge in [0.1, 0.15) is 12.1 Å². The summed E-state index contributed by atoms with van der Waals surface area (Å²) in [6.45, 7) is -1.72. The number of carbonyl (C=O) groups is 1. The van der Waals surface area contributed by atoms with Crippen molar-refractivity contribution in [1.82, 2.24) is 25.1 Å². The first-order valence-corrected chi connectivity index (χ1v) is 9.17. The van der Waals surface area contributed by atoms with Gasteiger partial charge in [-0.15, -0.1) is 0 Å². The average molecular weight is 495 g/mol. The first-order chi connectivity index (χ1) is 15.8. The van der Waals surface area contributed by atoms with Crippen molar-refractivity contribution in [3.05, 3.63) is 65.4 Å². The van der Waals surface area contributed by atoms with E-state index < -0.39 is 47.6 Å². The van der Waals surface area contributed by atoms with Crippen molar-refractivity contribution in [2.24, 2.45) is 0 Å². The van der Waals surface area contributed by atoms with Crippen LogP contribution in [0.15, 0.2) is 42.9 Å². The second-order valence-corrected chi connectivity index (χ2v) is 6.75. The molecule has 3 aromatic rings. The fourth-order valence-electron chi connectivity index (χ4n) is 2.82. The lowest BCUT2D eigenvalue weighted by Gasteiger charge is -2.17. The van der Waals surface area contributed by atoms with E-state index in [1.165, 1.54) is 13.0 Å². The van der Waals surface area contributed by atoms with Crippen LogP contribution in [0.25, 0.3) is 5.82 Å². The Morgan fingerprint density at radius 1 is 1.00 bits per heavy atom. The van der Waals surface area contributed by atoms with E-state index in [1.54, 1.807) is 0 Å². The SMILES string of the molecule is CC(NC(=O)c1cc(C(F)(F)F)cc(C(F)(F)F)c1)c1ncnn1-c1ccc(OC(F)F)cn1. The number of rotatable bonds is 6. The molecule has 1 N–H and O–H groups in total. The molecule has 0 saturated heterocycles. The van der Waals surface area contributed by atoms with Gasteiger partial charge in [-0.1, -0.05) is 0 Å². The van der Waals surface area contributed by atoms with Crippen LogP contribution in [0, 0.1) is 0 Å². The number of ether oxygens (including phenoxy) is 1. The van der Waals surface area contributed by atoms with Gasteiger partial charge in [-0.3, -0.25) is 4.79 Å². The quantitative estimate of drug-likeness (QED) is 0.498. The van der Waals surface area contributed by atoms with E-state index >= 15 is 0 Å². The topological polar surface area (TPSA) is 81.9 Å². The molecule has 0 aliphatic carbocycles. The Bertz CT molecular complexity index is 1130. The highest BCUT2D eigenvalue weighted by molar-refractivity contribution is 5.94. The average Bonchev–Trinajstić information content (AvgIpc) is 3.22. The fourth-order valence-corrected chi connectivity index (χ4v) is 2.82. The number of halogens is 8. The van der Waals surface area contributed by atoms with Crippen LogP contribution in [0.1, 0.15) is 40.3 Å². The molecule has 0 aliphatic heterocycles. The smallest absolute Gasteiger partial charge is 0.416 e. The predicted octanol–water partition coefficient (Wildman–Crippen LogP) is 4.79. The normalized spacial score (nSPS) is 13.1. The standard InChI is InChI=1S/C19H13F8N5O2/c1-9(15-29-8-30-32(15)14-3-2-13(7-28-14)34-17(20)21)31-16(33)10-4-11(18(22,23)24)6-12(5-10)19(25,26)27/h2-9,17H,1H3,(H,31,33). The number of hydrogen-bond acceptors (Lipinski definition) is 5. The molecule has 15 heteroatoms. The van der Waals surface area contributed by atoms with Crippen LogP contribution in [0.2, 0.25) is 0 Å². The zero-order valence-corrected chi connectivity index (χ0v) is 16.8. The maximum atomic E-state index is 13.0. The molecule has 0 fully saturated rings. The second-order valence-electron chi connectivity index (χ2n) is 6.75. The highest BCUT2D eigenvalue weighted by Crippen LogP contribution is 2.36. The molecule has 1 atom stereocenters. The van der Waals surface area contributed by atoms with E-state index in [-0.39, 0.29) is 23.5 Å². The Balaban J connectivity index is 1.86. The summed E-state index contributed by atoms with van der Waals surface area (Å²) in [6.07, 6.45) is -8.21. The predicted molar refractivity (Wildman–Crippen MR) is 98.1 cm³/mol. The molecule has 34 heavy (non-hydrogen) atoms. The number of benzene rings is 1. The molecule has 182 valence electrons. The molecule has 3 rings (SSSR count). The Labute approximate surface area is 185 Å². The number of pyridine rings is 1. The minimum Gasteiger partial charge on any atom is -0.433 e. The third kappa shape index (κ3) is 5.77. The minimum absolute atomic E-state index is 0.00592. The molecular weight excluding hydrogens is 482 g/mol. The monoisotopic (exact) mass is 495 g/mol. The first-order valence-electron chi connectivity index (χ1n) is 9.17. The van der Waals surface area contributed by atoms with E-state index in [1.807, 2.05) is 0 Å². The molecule has 2 aromatic heterocycles. The number of hydrogen-bond donors (Lipinski definition) is 1. The van der Waals surface area contributed by atoms with Crippen molar-refractivity contribution in [2.45, 2.75) is 31.9 Å². The number of carbonyl (C=O) groups excluding carboxylic acids is 1. The summed E-state index contributed by atoms with van der Waals surface area (Å²) >= 11 is 0. The third-order valence-corrected chi connectivity index (χ3v) is 4.32. The number of aromatic nitrogens is 4. The van der Waals surface area contributed by atoms with Crippen molar-refractivity contribution in [2.75, 3.05) is 0 Å². The lowest BCUT2D eigenvalue weighted by molar-refractivity contribution is -0.143. The van der Waals surface area contributed by atoms with Gasteiger partial charge in [0.05, 0.1) is 23.4 Å². The molecule has 1 amide bonds. The van der Waals surface area contributed by atoms with Crippen molar-refractivity contribution in [3.63, 3.8) is 0 Å². The van der Waals surface area contributed by atoms with E-state index in [2.05, 4.69) is 25.1 Å². The van der Waals surface area contributed by atoms with E-state index in [0.717, 1.165) is 23.3 Å². The van der Waals surface area contributed by atoms with Crippen LogP contribution in [0.3, 0.4) is 0 Å². The van der Waals surface area contributed by atoms with Crippen LogP contribution in [-0.2, 0) is 12.4 Å². The van der Waals surface area contributed by atoms with E-state index in [4.69, 9.17) is 0 Å². The van der Waals surface area contributed by atoms with Crippen molar-refractivity contribution >= 4 is 5.91 Å². The van der Waals surface area contributed by atoms with Gasteiger partial charge >= 0.3 is 19.0 Å². The Morgan fingerprint density at radius 3 is 2.12 bits per heavy atom. The highest BCUT2D eigenvalue weighted by atomic mass is 19.4. The van der Waals surface area contributed by atoms with Gasteiger partial charge < -0.3 is 10.1 Å². The summed E-state index contributed by atoms with van der Waals surface area (Å²) < 4.78 is 108. The minimum atomic E-state index is -5.12. The van der Waals surface area contributed by atoms with Crippen molar-refractivity contribution in [1.29, 1.82) is 0 Å². The van der Waals surface area contributed by atoms with Crippen molar-refractivity contribution in [3.8, 4) is 11.6 Å². The van der Waals surface area contributed by atoms with Gasteiger partial charge in [-0.05, 0) is 37.3 Å². The second kappa shape index (κ2) is 9.23. The molecule has 0 spiro atoms. The largest absolute Gasteiger partial charge is 0.433 e. The maximum Gasteiger partial charge on any atom is 0.416 e. The molecule has 1 aromatic carbocycles. The summed E-state index contributed by atoms with van der Waals surface area (Å²) in [7, 11) is 0. The number of alkyl halides is 8. The Kier molecular flexibility index (Phi) is 6.74. The summed E-state index contributed by atoms with van der Waals surface area (Å²) in [4.78, 5) is 20.3. The third-order valence-electron chi connectivity index (χ3n) is 4.32. The van der Waals surface area contributed by atoms with E-state index in [9.17, 15) is 39.9 Å². The summed E-state index contributed by atoms with van der Waals surface area (Å²) in [6, 6.07) is 1.84. The number of nitrogens with zero attached hydrogens (tertiary/aromatic N) is 4. The summed E-state index contributed by atoms with van der Waals surface area (Å²) in [5.41, 5.74) is -4.15. The molecule has 1 unspecified atom stereocenters. The van der Waals surface area contributed by atoms with Crippen LogP contribution in [0.4, 0.5) is 35.1 Å². The Morgan fingerprint density at radius 2 is 1.62 bits per heavy atom. The molecule has 0 saturated carbocycles. The van der Waals surface area contributed by atoms with Gasteiger partial charge in [0.15, 0.2) is 11.6 Å². The van der Waals surface area contributed by atoms with Gasteiger partial charge in [-0.25, -0.2) is 9.97 Å². The molecule has 0 radical (unpaired) electrons. The zero-order valence-electron chi connectivity index (χ0n) is 16.8. The van der Waals surface area contributed by atoms with Crippen LogP contribution >= 0.6 is 0 Å². The number of amides is 1. The molecular formula is C19H13F8N5O2. The lowest BCUT2D eigenvalue weighted by Crippen LogP contribution is -2.29. The number of nitrogens with one attached hydrogen (secondary N) is 1. The van der Waals surface area contributed by atoms with Crippen LogP contribution in [0.5, 0.6) is 5.75 Å². The van der Waals surface area contributed by atoms with Gasteiger partial charge in [0, 0.05) is 5.56 Å². The van der Waals surface area contributed by atoms with Gasteiger partial charge in [-0.2, -0.15) is 44.9 Å². The molecule has 2 heterocycles. The Hall–Kier alpha value is -3.78. The maximum absolute atomic E-state index is 13.0. The summed E-state index contributed by atoms with van der Waals surface area (Å²) in [5.74, 6) is -1.40. The van der Waals surface area contributed by atoms with Crippen LogP contribution in [-0.4, -0.2) is 32.3 Å². The van der Waals surface area contributed by atoms with Gasteiger partial charge in [0.25, 0.3) is 5.91 Å². The van der Waals surface area contributed by atoms with Gasteiger partial charge in [0.2, 0.25) is 0 Å². The zero-order chi connectivity index (χ0) is 25.3. The lowest BCUT2D eigenvalue weighted by atomic mass is 10.0. The fraction of sp³-hybridized carbons (Fsp3) is 0.263. The van der Waals surface area contributed by atoms with Crippen molar-refractivity contribution < 1.29 is 44.7 Å². The van der Waals surface area contributed by atoms with E-state index in [0.29, 0.717) is 12.1 Å². The summed E-state index contributed by atoms with van der Waals surface area (Å²) in [5, 5.41) is 6.13. The molecule has 0 aliphatic rings.